The number of hydrogen-bond donors (Lipinski definition) is 0. The number of benzene rings is 1. The molecule has 1 aromatic rings. The van der Waals surface area contributed by atoms with E-state index in [2.05, 4.69) is 0 Å². The highest BCUT2D eigenvalue weighted by Crippen LogP contribution is 2.25. The van der Waals surface area contributed by atoms with Crippen LogP contribution < -0.4 is 4.31 Å². The lowest BCUT2D eigenvalue weighted by Gasteiger charge is -2.36. The molecule has 1 heterocycles. The summed E-state index contributed by atoms with van der Waals surface area (Å²) in [6, 6.07) is 6.21. The van der Waals surface area contributed by atoms with E-state index in [1.54, 1.807) is 36.9 Å². The SMILES string of the molecule is CCOC(=O)C1CCN(C(=O)[C@@H](C)N(c2cccc(C)c2)S(C)(=O)=O)CC1. The van der Waals surface area contributed by atoms with Crippen LogP contribution in [0, 0.1) is 12.8 Å². The van der Waals surface area contributed by atoms with Gasteiger partial charge in [-0.05, 0) is 51.3 Å². The molecular formula is C19H28N2O5S. The average molecular weight is 397 g/mol. The van der Waals surface area contributed by atoms with Gasteiger partial charge in [-0.15, -0.1) is 0 Å². The van der Waals surface area contributed by atoms with Crippen molar-refractivity contribution in [3.05, 3.63) is 29.8 Å². The zero-order chi connectivity index (χ0) is 20.2. The largest absolute Gasteiger partial charge is 0.466 e. The van der Waals surface area contributed by atoms with E-state index in [0.29, 0.717) is 38.2 Å². The molecule has 0 unspecified atom stereocenters. The maximum absolute atomic E-state index is 13.0. The predicted molar refractivity (Wildman–Crippen MR) is 104 cm³/mol. The molecule has 27 heavy (non-hydrogen) atoms. The first kappa shape index (κ1) is 21.2. The van der Waals surface area contributed by atoms with Gasteiger partial charge in [-0.3, -0.25) is 13.9 Å². The molecule has 1 aliphatic heterocycles. The van der Waals surface area contributed by atoms with Crippen molar-refractivity contribution in [2.45, 2.75) is 39.7 Å². The molecule has 2 rings (SSSR count). The van der Waals surface area contributed by atoms with Gasteiger partial charge in [-0.2, -0.15) is 0 Å². The van der Waals surface area contributed by atoms with Crippen LogP contribution >= 0.6 is 0 Å². The van der Waals surface area contributed by atoms with E-state index in [4.69, 9.17) is 4.74 Å². The first-order chi connectivity index (χ1) is 12.6. The Hall–Kier alpha value is -2.09. The summed E-state index contributed by atoms with van der Waals surface area (Å²) in [5.41, 5.74) is 1.39. The van der Waals surface area contributed by atoms with Crippen molar-refractivity contribution in [1.29, 1.82) is 0 Å². The van der Waals surface area contributed by atoms with Gasteiger partial charge in [0.2, 0.25) is 15.9 Å². The van der Waals surface area contributed by atoms with Crippen LogP contribution in [-0.4, -0.2) is 57.2 Å². The van der Waals surface area contributed by atoms with Crippen LogP contribution in [0.4, 0.5) is 5.69 Å². The number of hydrogen-bond acceptors (Lipinski definition) is 5. The molecule has 0 radical (unpaired) electrons. The van der Waals surface area contributed by atoms with E-state index in [-0.39, 0.29) is 17.8 Å². The van der Waals surface area contributed by atoms with Crippen LogP contribution in [0.25, 0.3) is 0 Å². The molecule has 1 fully saturated rings. The monoisotopic (exact) mass is 396 g/mol. The number of ether oxygens (including phenoxy) is 1. The van der Waals surface area contributed by atoms with E-state index >= 15 is 0 Å². The van der Waals surface area contributed by atoms with E-state index in [0.717, 1.165) is 11.8 Å². The van der Waals surface area contributed by atoms with Crippen molar-refractivity contribution < 1.29 is 22.7 Å². The lowest BCUT2D eigenvalue weighted by Crippen LogP contribution is -2.51. The molecule has 1 aromatic carbocycles. The summed E-state index contributed by atoms with van der Waals surface area (Å²) in [7, 11) is -3.64. The van der Waals surface area contributed by atoms with Gasteiger partial charge in [0.05, 0.1) is 24.5 Å². The van der Waals surface area contributed by atoms with Crippen molar-refractivity contribution in [1.82, 2.24) is 4.90 Å². The minimum Gasteiger partial charge on any atom is -0.466 e. The molecule has 0 bridgehead atoms. The van der Waals surface area contributed by atoms with Crippen LogP contribution in [0.3, 0.4) is 0 Å². The highest BCUT2D eigenvalue weighted by molar-refractivity contribution is 7.92. The Kier molecular flexibility index (Phi) is 6.86. The molecule has 8 heteroatoms. The number of nitrogens with zero attached hydrogens (tertiary/aromatic N) is 2. The minimum atomic E-state index is -3.64. The molecule has 150 valence electrons. The Morgan fingerprint density at radius 1 is 1.30 bits per heavy atom. The quantitative estimate of drug-likeness (QED) is 0.686. The average Bonchev–Trinajstić information content (AvgIpc) is 2.60. The molecule has 0 N–H and O–H groups in total. The standard InChI is InChI=1S/C19H28N2O5S/c1-5-26-19(23)16-9-11-20(12-10-16)18(22)15(3)21(27(4,24)25)17-8-6-7-14(2)13-17/h6-8,13,15-16H,5,9-12H2,1-4H3/t15-/m1/s1. The highest BCUT2D eigenvalue weighted by atomic mass is 32.2. The van der Waals surface area contributed by atoms with Gasteiger partial charge in [0.1, 0.15) is 6.04 Å². The van der Waals surface area contributed by atoms with Crippen molar-refractivity contribution in [3.8, 4) is 0 Å². The maximum atomic E-state index is 13.0. The third-order valence-electron chi connectivity index (χ3n) is 4.75. The minimum absolute atomic E-state index is 0.202. The highest BCUT2D eigenvalue weighted by Gasteiger charge is 2.35. The number of likely N-dealkylation sites (tertiary alicyclic amines) is 1. The van der Waals surface area contributed by atoms with Crippen molar-refractivity contribution in [3.63, 3.8) is 0 Å². The van der Waals surface area contributed by atoms with Crippen molar-refractivity contribution in [2.24, 2.45) is 5.92 Å². The molecule has 0 aromatic heterocycles. The fourth-order valence-corrected chi connectivity index (χ4v) is 4.59. The Morgan fingerprint density at radius 3 is 2.44 bits per heavy atom. The smallest absolute Gasteiger partial charge is 0.309 e. The number of amides is 1. The van der Waals surface area contributed by atoms with Crippen LogP contribution in [0.2, 0.25) is 0 Å². The molecule has 0 aliphatic carbocycles. The Morgan fingerprint density at radius 2 is 1.93 bits per heavy atom. The van der Waals surface area contributed by atoms with Crippen LogP contribution in [-0.2, 0) is 24.3 Å². The lowest BCUT2D eigenvalue weighted by atomic mass is 9.96. The fourth-order valence-electron chi connectivity index (χ4n) is 3.43. The summed E-state index contributed by atoms with van der Waals surface area (Å²) in [6.45, 7) is 6.41. The Bertz CT molecular complexity index is 785. The van der Waals surface area contributed by atoms with Gasteiger partial charge < -0.3 is 9.64 Å². The van der Waals surface area contributed by atoms with E-state index in [9.17, 15) is 18.0 Å². The fraction of sp³-hybridized carbons (Fsp3) is 0.579. The lowest BCUT2D eigenvalue weighted by molar-refractivity contribution is -0.151. The number of carbonyl (C=O) groups excluding carboxylic acids is 2. The first-order valence-corrected chi connectivity index (χ1v) is 11.0. The second-order valence-electron chi connectivity index (χ2n) is 6.93. The summed E-state index contributed by atoms with van der Waals surface area (Å²) >= 11 is 0. The van der Waals surface area contributed by atoms with Crippen LogP contribution in [0.5, 0.6) is 0 Å². The summed E-state index contributed by atoms with van der Waals surface area (Å²) < 4.78 is 31.0. The third-order valence-corrected chi connectivity index (χ3v) is 5.99. The van der Waals surface area contributed by atoms with Crippen molar-refractivity contribution >= 4 is 27.6 Å². The molecule has 1 atom stereocenters. The number of rotatable bonds is 6. The maximum Gasteiger partial charge on any atom is 0.309 e. The Balaban J connectivity index is 2.13. The van der Waals surface area contributed by atoms with E-state index in [1.165, 1.54) is 4.31 Å². The number of esters is 1. The molecule has 1 aliphatic rings. The van der Waals surface area contributed by atoms with Crippen molar-refractivity contribution in [2.75, 3.05) is 30.3 Å². The second-order valence-corrected chi connectivity index (χ2v) is 8.78. The van der Waals surface area contributed by atoms with E-state index in [1.807, 2.05) is 13.0 Å². The third kappa shape index (κ3) is 5.22. The predicted octanol–water partition coefficient (Wildman–Crippen LogP) is 1.95. The number of piperidine rings is 1. The van der Waals surface area contributed by atoms with Gasteiger partial charge in [0, 0.05) is 13.1 Å². The van der Waals surface area contributed by atoms with E-state index < -0.39 is 16.1 Å². The number of anilines is 1. The number of sulfonamides is 1. The molecule has 0 saturated carbocycles. The number of carbonyl (C=O) groups is 2. The molecule has 7 nitrogen and oxygen atoms in total. The van der Waals surface area contributed by atoms with Gasteiger partial charge in [0.15, 0.2) is 0 Å². The number of aryl methyl sites for hydroxylation is 1. The summed E-state index contributed by atoms with van der Waals surface area (Å²) in [5, 5.41) is 0. The van der Waals surface area contributed by atoms with Gasteiger partial charge in [-0.25, -0.2) is 8.42 Å². The molecule has 0 spiro atoms. The Labute approximate surface area is 161 Å². The topological polar surface area (TPSA) is 84.0 Å². The second kappa shape index (κ2) is 8.73. The van der Waals surface area contributed by atoms with Crippen LogP contribution in [0.1, 0.15) is 32.3 Å². The summed E-state index contributed by atoms with van der Waals surface area (Å²) in [4.78, 5) is 26.4. The molecular weight excluding hydrogens is 368 g/mol. The molecule has 1 amide bonds. The molecule has 1 saturated heterocycles. The summed E-state index contributed by atoms with van der Waals surface area (Å²) in [5.74, 6) is -0.688. The van der Waals surface area contributed by atoms with Gasteiger partial charge in [0.25, 0.3) is 0 Å². The van der Waals surface area contributed by atoms with Crippen LogP contribution in [0.15, 0.2) is 24.3 Å². The zero-order valence-electron chi connectivity index (χ0n) is 16.3. The van der Waals surface area contributed by atoms with Gasteiger partial charge in [-0.1, -0.05) is 12.1 Å². The first-order valence-electron chi connectivity index (χ1n) is 9.16. The summed E-state index contributed by atoms with van der Waals surface area (Å²) in [6.07, 6.45) is 2.16. The normalized spacial score (nSPS) is 16.7. The zero-order valence-corrected chi connectivity index (χ0v) is 17.2. The van der Waals surface area contributed by atoms with Gasteiger partial charge >= 0.3 is 5.97 Å².